The number of nitrogens with two attached hydrogens (primary N) is 1. The molecule has 1 fully saturated rings. The molecular weight excluding hydrogens is 240 g/mol. The molecule has 3 heteroatoms. The molecule has 3 unspecified atom stereocenters. The van der Waals surface area contributed by atoms with Crippen LogP contribution in [0.2, 0.25) is 0 Å². The molecule has 0 radical (unpaired) electrons. The van der Waals surface area contributed by atoms with Crippen molar-refractivity contribution in [3.8, 4) is 0 Å². The topological polar surface area (TPSA) is 29.3 Å². The predicted molar refractivity (Wildman–Crippen MR) is 80.0 cm³/mol. The minimum Gasteiger partial charge on any atom is -0.326 e. The Morgan fingerprint density at radius 2 is 2.17 bits per heavy atom. The lowest BCUT2D eigenvalue weighted by Gasteiger charge is -2.36. The Hall–Kier alpha value is -0.380. The summed E-state index contributed by atoms with van der Waals surface area (Å²) >= 11 is 1.86. The summed E-state index contributed by atoms with van der Waals surface area (Å²) in [6.07, 6.45) is 3.82. The highest BCUT2D eigenvalue weighted by Crippen LogP contribution is 2.39. The molecule has 0 amide bonds. The summed E-state index contributed by atoms with van der Waals surface area (Å²) in [5.41, 5.74) is 7.79. The quantitative estimate of drug-likeness (QED) is 0.853. The first kappa shape index (κ1) is 14.0. The van der Waals surface area contributed by atoms with E-state index >= 15 is 0 Å². The van der Waals surface area contributed by atoms with Gasteiger partial charge in [-0.1, -0.05) is 6.92 Å². The molecule has 0 aliphatic heterocycles. The Kier molecular flexibility index (Phi) is 4.46. The second-order valence-corrected chi connectivity index (χ2v) is 6.68. The Labute approximate surface area is 115 Å². The van der Waals surface area contributed by atoms with E-state index < -0.39 is 0 Å². The molecule has 102 valence electrons. The minimum absolute atomic E-state index is 0.230. The molecular formula is C15H26N2S. The van der Waals surface area contributed by atoms with Gasteiger partial charge in [0.05, 0.1) is 6.04 Å². The lowest BCUT2D eigenvalue weighted by Crippen LogP contribution is -2.43. The Bertz CT molecular complexity index is 384. The van der Waals surface area contributed by atoms with Gasteiger partial charge < -0.3 is 5.73 Å². The molecule has 0 bridgehead atoms. The smallest absolute Gasteiger partial charge is 0.0595 e. The first-order valence-corrected chi connectivity index (χ1v) is 7.95. The van der Waals surface area contributed by atoms with Gasteiger partial charge in [-0.25, -0.2) is 0 Å². The molecule has 1 aromatic heterocycles. The van der Waals surface area contributed by atoms with E-state index in [9.17, 15) is 0 Å². The molecule has 1 aliphatic carbocycles. The van der Waals surface area contributed by atoms with E-state index in [4.69, 9.17) is 5.73 Å². The number of likely N-dealkylation sites (N-methyl/N-ethyl adjacent to an activating group) is 1. The average Bonchev–Trinajstić information content (AvgIpc) is 3.13. The first-order valence-electron chi connectivity index (χ1n) is 7.07. The van der Waals surface area contributed by atoms with Gasteiger partial charge in [0.15, 0.2) is 0 Å². The Balaban J connectivity index is 2.21. The van der Waals surface area contributed by atoms with Gasteiger partial charge in [-0.3, -0.25) is 4.90 Å². The average molecular weight is 266 g/mol. The monoisotopic (exact) mass is 266 g/mol. The van der Waals surface area contributed by atoms with Gasteiger partial charge in [0.1, 0.15) is 0 Å². The lowest BCUT2D eigenvalue weighted by atomic mass is 9.98. The fraction of sp³-hybridized carbons (Fsp3) is 0.733. The van der Waals surface area contributed by atoms with Crippen molar-refractivity contribution in [2.75, 3.05) is 7.05 Å². The molecule has 18 heavy (non-hydrogen) atoms. The Morgan fingerprint density at radius 3 is 2.61 bits per heavy atom. The van der Waals surface area contributed by atoms with Crippen LogP contribution in [0.1, 0.15) is 49.6 Å². The maximum absolute atomic E-state index is 6.40. The molecule has 3 atom stereocenters. The van der Waals surface area contributed by atoms with Crippen molar-refractivity contribution in [2.45, 2.75) is 58.2 Å². The summed E-state index contributed by atoms with van der Waals surface area (Å²) in [4.78, 5) is 3.98. The van der Waals surface area contributed by atoms with Gasteiger partial charge in [0, 0.05) is 17.0 Å². The van der Waals surface area contributed by atoms with E-state index in [1.54, 1.807) is 0 Å². The van der Waals surface area contributed by atoms with Crippen molar-refractivity contribution in [3.63, 3.8) is 0 Å². The third kappa shape index (κ3) is 2.79. The molecule has 0 saturated heterocycles. The summed E-state index contributed by atoms with van der Waals surface area (Å²) in [5, 5.41) is 2.19. The zero-order chi connectivity index (χ0) is 13.3. The fourth-order valence-corrected chi connectivity index (χ4v) is 3.91. The van der Waals surface area contributed by atoms with Crippen LogP contribution in [0.25, 0.3) is 0 Å². The number of aryl methyl sites for hydroxylation is 1. The SMILES string of the molecule is CCC(N)C(c1sccc1C)N(C)C(C)C1CC1. The van der Waals surface area contributed by atoms with E-state index in [1.807, 2.05) is 11.3 Å². The number of rotatable bonds is 6. The van der Waals surface area contributed by atoms with Crippen LogP contribution < -0.4 is 5.73 Å². The van der Waals surface area contributed by atoms with Crippen LogP contribution in [0.3, 0.4) is 0 Å². The predicted octanol–water partition coefficient (Wildman–Crippen LogP) is 3.57. The summed E-state index contributed by atoms with van der Waals surface area (Å²) in [7, 11) is 2.25. The molecule has 0 aromatic carbocycles. The van der Waals surface area contributed by atoms with Crippen LogP contribution in [-0.2, 0) is 0 Å². The van der Waals surface area contributed by atoms with Crippen molar-refractivity contribution in [3.05, 3.63) is 21.9 Å². The Morgan fingerprint density at radius 1 is 1.50 bits per heavy atom. The molecule has 1 saturated carbocycles. The number of nitrogens with zero attached hydrogens (tertiary/aromatic N) is 1. The van der Waals surface area contributed by atoms with Crippen LogP contribution in [-0.4, -0.2) is 24.0 Å². The molecule has 0 spiro atoms. The number of thiophene rings is 1. The summed E-state index contributed by atoms with van der Waals surface area (Å²) in [5.74, 6) is 0.891. The van der Waals surface area contributed by atoms with Crippen molar-refractivity contribution in [1.82, 2.24) is 4.90 Å². The zero-order valence-corrected chi connectivity index (χ0v) is 12.8. The van der Waals surface area contributed by atoms with Gasteiger partial charge >= 0.3 is 0 Å². The van der Waals surface area contributed by atoms with E-state index in [0.717, 1.165) is 12.3 Å². The molecule has 2 nitrogen and oxygen atoms in total. The third-order valence-electron chi connectivity index (χ3n) is 4.43. The van der Waals surface area contributed by atoms with Crippen LogP contribution in [0.5, 0.6) is 0 Å². The minimum atomic E-state index is 0.230. The first-order chi connectivity index (χ1) is 8.56. The van der Waals surface area contributed by atoms with E-state index in [1.165, 1.54) is 23.3 Å². The van der Waals surface area contributed by atoms with Crippen molar-refractivity contribution in [1.29, 1.82) is 0 Å². The number of hydrogen-bond acceptors (Lipinski definition) is 3. The highest BCUT2D eigenvalue weighted by molar-refractivity contribution is 7.10. The highest BCUT2D eigenvalue weighted by Gasteiger charge is 2.36. The fourth-order valence-electron chi connectivity index (χ4n) is 2.76. The van der Waals surface area contributed by atoms with E-state index in [-0.39, 0.29) is 6.04 Å². The molecule has 1 aromatic rings. The van der Waals surface area contributed by atoms with Crippen LogP contribution in [0.4, 0.5) is 0 Å². The summed E-state index contributed by atoms with van der Waals surface area (Å²) in [6, 6.07) is 3.47. The normalized spacial score (nSPS) is 21.0. The second-order valence-electron chi connectivity index (χ2n) is 5.73. The van der Waals surface area contributed by atoms with Crippen molar-refractivity contribution < 1.29 is 0 Å². The summed E-state index contributed by atoms with van der Waals surface area (Å²) in [6.45, 7) is 6.75. The maximum Gasteiger partial charge on any atom is 0.0595 e. The molecule has 2 N–H and O–H groups in total. The highest BCUT2D eigenvalue weighted by atomic mass is 32.1. The second kappa shape index (κ2) is 5.72. The van der Waals surface area contributed by atoms with Gasteiger partial charge in [-0.2, -0.15) is 0 Å². The molecule has 1 aliphatic rings. The van der Waals surface area contributed by atoms with Gasteiger partial charge in [0.2, 0.25) is 0 Å². The van der Waals surface area contributed by atoms with E-state index in [0.29, 0.717) is 12.1 Å². The molecule has 1 heterocycles. The lowest BCUT2D eigenvalue weighted by molar-refractivity contribution is 0.145. The third-order valence-corrected chi connectivity index (χ3v) is 5.52. The van der Waals surface area contributed by atoms with E-state index in [2.05, 4.69) is 44.2 Å². The van der Waals surface area contributed by atoms with Gasteiger partial charge in [0.25, 0.3) is 0 Å². The molecule has 2 rings (SSSR count). The van der Waals surface area contributed by atoms with Crippen LogP contribution in [0.15, 0.2) is 11.4 Å². The number of hydrogen-bond donors (Lipinski definition) is 1. The largest absolute Gasteiger partial charge is 0.326 e. The zero-order valence-electron chi connectivity index (χ0n) is 12.0. The van der Waals surface area contributed by atoms with Crippen LogP contribution >= 0.6 is 11.3 Å². The standard InChI is InChI=1S/C15H26N2S/c1-5-13(16)14(15-10(2)8-9-18-15)17(4)11(3)12-6-7-12/h8-9,11-14H,5-7,16H2,1-4H3. The van der Waals surface area contributed by atoms with Crippen LogP contribution in [0, 0.1) is 12.8 Å². The van der Waals surface area contributed by atoms with Gasteiger partial charge in [-0.05, 0) is 63.1 Å². The van der Waals surface area contributed by atoms with Gasteiger partial charge in [-0.15, -0.1) is 11.3 Å². The van der Waals surface area contributed by atoms with Crippen molar-refractivity contribution >= 4 is 11.3 Å². The van der Waals surface area contributed by atoms with Crippen molar-refractivity contribution in [2.24, 2.45) is 11.7 Å². The maximum atomic E-state index is 6.40. The summed E-state index contributed by atoms with van der Waals surface area (Å²) < 4.78 is 0.